The van der Waals surface area contributed by atoms with Crippen LogP contribution in [0.4, 0.5) is 13.6 Å². The van der Waals surface area contributed by atoms with Crippen molar-refractivity contribution in [2.75, 3.05) is 0 Å². The Balaban J connectivity index is 2.18. The van der Waals surface area contributed by atoms with Crippen molar-refractivity contribution in [2.45, 2.75) is 50.7 Å². The maximum absolute atomic E-state index is 12.5. The number of hydrazine groups is 1. The third-order valence-electron chi connectivity index (χ3n) is 3.72. The molecule has 1 heterocycles. The van der Waals surface area contributed by atoms with Crippen molar-refractivity contribution < 1.29 is 26.7 Å². The van der Waals surface area contributed by atoms with Gasteiger partial charge in [0, 0.05) is 5.70 Å². The zero-order valence-corrected chi connectivity index (χ0v) is 15.2. The maximum Gasteiger partial charge on any atom is 0.387 e. The van der Waals surface area contributed by atoms with Crippen molar-refractivity contribution >= 4 is 16.1 Å². The first kappa shape index (κ1) is 20.0. The summed E-state index contributed by atoms with van der Waals surface area (Å²) in [4.78, 5) is 11.9. The van der Waals surface area contributed by atoms with Gasteiger partial charge in [-0.25, -0.2) is 22.9 Å². The van der Waals surface area contributed by atoms with Crippen LogP contribution < -0.4 is 14.9 Å². The molecule has 1 aliphatic heterocycles. The van der Waals surface area contributed by atoms with E-state index >= 15 is 0 Å². The van der Waals surface area contributed by atoms with Crippen LogP contribution in [0.2, 0.25) is 0 Å². The van der Waals surface area contributed by atoms with Gasteiger partial charge in [0.15, 0.2) is 0 Å². The van der Waals surface area contributed by atoms with Gasteiger partial charge in [-0.15, -0.1) is 0 Å². The lowest BCUT2D eigenvalue weighted by atomic mass is 10.1. The van der Waals surface area contributed by atoms with Crippen LogP contribution in [-0.2, 0) is 10.0 Å². The van der Waals surface area contributed by atoms with E-state index in [9.17, 15) is 22.0 Å². The van der Waals surface area contributed by atoms with Gasteiger partial charge < -0.3 is 4.74 Å². The van der Waals surface area contributed by atoms with Crippen molar-refractivity contribution in [3.05, 3.63) is 36.0 Å². The summed E-state index contributed by atoms with van der Waals surface area (Å²) in [6.45, 7) is 0.577. The molecule has 1 aromatic carbocycles. The van der Waals surface area contributed by atoms with Crippen LogP contribution in [0.25, 0.3) is 0 Å². The number of nitrogens with zero attached hydrogens (tertiary/aromatic N) is 1. The fraction of sp³-hybridized carbons (Fsp3) is 0.438. The number of amides is 2. The first-order valence-electron chi connectivity index (χ1n) is 8.09. The van der Waals surface area contributed by atoms with E-state index in [4.69, 9.17) is 0 Å². The van der Waals surface area contributed by atoms with Crippen molar-refractivity contribution in [2.24, 2.45) is 0 Å². The molecule has 0 saturated carbocycles. The number of allylic oxidation sites excluding steroid dienone is 1. The summed E-state index contributed by atoms with van der Waals surface area (Å²) in [5, 5.41) is 1.18. The summed E-state index contributed by atoms with van der Waals surface area (Å²) < 4.78 is 56.0. The molecule has 10 heteroatoms. The minimum Gasteiger partial charge on any atom is -0.433 e. The molecular weight excluding hydrogens is 368 g/mol. The van der Waals surface area contributed by atoms with Gasteiger partial charge in [-0.3, -0.25) is 5.43 Å². The first-order valence-corrected chi connectivity index (χ1v) is 9.58. The molecule has 0 fully saturated rings. The van der Waals surface area contributed by atoms with E-state index in [1.54, 1.807) is 6.92 Å². The summed E-state index contributed by atoms with van der Waals surface area (Å²) in [7, 11) is -4.40. The third kappa shape index (κ3) is 4.84. The third-order valence-corrected chi connectivity index (χ3v) is 5.08. The molecule has 2 N–H and O–H groups in total. The van der Waals surface area contributed by atoms with E-state index in [-0.39, 0.29) is 6.04 Å². The number of urea groups is 1. The first-order chi connectivity index (χ1) is 12.2. The Labute approximate surface area is 151 Å². The summed E-state index contributed by atoms with van der Waals surface area (Å²) in [6.07, 6.45) is 4.28. The molecule has 0 radical (unpaired) electrons. The highest BCUT2D eigenvalue weighted by Crippen LogP contribution is 2.25. The number of para-hydroxylation sites is 1. The predicted molar refractivity (Wildman–Crippen MR) is 90.8 cm³/mol. The Morgan fingerprint density at radius 3 is 2.73 bits per heavy atom. The van der Waals surface area contributed by atoms with Gasteiger partial charge in [0.25, 0.3) is 10.0 Å². The fourth-order valence-electron chi connectivity index (χ4n) is 2.58. The molecule has 0 aliphatic carbocycles. The Hall–Kier alpha value is -2.36. The van der Waals surface area contributed by atoms with Gasteiger partial charge in [-0.2, -0.15) is 8.78 Å². The van der Waals surface area contributed by atoms with Crippen molar-refractivity contribution in [1.82, 2.24) is 15.2 Å². The topological polar surface area (TPSA) is 87.7 Å². The van der Waals surface area contributed by atoms with E-state index in [0.29, 0.717) is 6.42 Å². The number of benzene rings is 1. The van der Waals surface area contributed by atoms with Crippen LogP contribution in [0.3, 0.4) is 0 Å². The summed E-state index contributed by atoms with van der Waals surface area (Å²) >= 11 is 0. The number of sulfonamides is 1. The average molecular weight is 389 g/mol. The molecule has 0 aromatic heterocycles. The monoisotopic (exact) mass is 389 g/mol. The van der Waals surface area contributed by atoms with Gasteiger partial charge in [-0.05, 0) is 31.6 Å². The number of unbranched alkanes of at least 4 members (excludes halogenated alkanes) is 1. The van der Waals surface area contributed by atoms with Crippen LogP contribution in [0.5, 0.6) is 5.75 Å². The Morgan fingerprint density at radius 2 is 2.08 bits per heavy atom. The number of nitrogens with one attached hydrogen (secondary N) is 2. The SMILES string of the molecule is CCCCC1C=C(C)NN1C(=O)NS(=O)(=O)c1ccccc1OC(F)F. The highest BCUT2D eigenvalue weighted by Gasteiger charge is 2.31. The van der Waals surface area contributed by atoms with Crippen LogP contribution in [-0.4, -0.2) is 32.1 Å². The zero-order valence-electron chi connectivity index (χ0n) is 14.4. The van der Waals surface area contributed by atoms with Gasteiger partial charge in [0.2, 0.25) is 0 Å². The summed E-state index contributed by atoms with van der Waals surface area (Å²) in [5.41, 5.74) is 3.52. The molecule has 2 rings (SSSR count). The zero-order chi connectivity index (χ0) is 19.3. The van der Waals surface area contributed by atoms with E-state index in [1.807, 2.05) is 17.7 Å². The molecule has 26 heavy (non-hydrogen) atoms. The molecule has 7 nitrogen and oxygen atoms in total. The molecule has 0 bridgehead atoms. The molecular formula is C16H21F2N3O4S. The minimum atomic E-state index is -4.40. The van der Waals surface area contributed by atoms with Crippen molar-refractivity contribution in [3.63, 3.8) is 0 Å². The Morgan fingerprint density at radius 1 is 1.38 bits per heavy atom. The molecule has 0 spiro atoms. The number of alkyl halides is 2. The van der Waals surface area contributed by atoms with Crippen LogP contribution >= 0.6 is 0 Å². The Bertz CT molecular complexity index is 783. The summed E-state index contributed by atoms with van der Waals surface area (Å²) in [5.74, 6) is -0.533. The number of rotatable bonds is 7. The fourth-order valence-corrected chi connectivity index (χ4v) is 3.66. The van der Waals surface area contributed by atoms with E-state index in [0.717, 1.165) is 30.7 Å². The lowest BCUT2D eigenvalue weighted by molar-refractivity contribution is -0.0517. The molecule has 0 saturated heterocycles. The standard InChI is InChI=1S/C16H21F2N3O4S/c1-3-4-7-12-10-11(2)19-21(12)16(22)20-26(23,24)14-9-6-5-8-13(14)25-15(17)18/h5-6,8-10,12,15,19H,3-4,7H2,1-2H3,(H,20,22). The molecule has 1 aromatic rings. The van der Waals surface area contributed by atoms with Crippen LogP contribution in [0.1, 0.15) is 33.1 Å². The van der Waals surface area contributed by atoms with E-state index in [1.165, 1.54) is 17.1 Å². The van der Waals surface area contributed by atoms with Crippen molar-refractivity contribution in [1.29, 1.82) is 0 Å². The molecule has 1 atom stereocenters. The van der Waals surface area contributed by atoms with Gasteiger partial charge in [0.05, 0.1) is 6.04 Å². The summed E-state index contributed by atoms with van der Waals surface area (Å²) in [6, 6.07) is 3.69. The van der Waals surface area contributed by atoms with Crippen LogP contribution in [0, 0.1) is 0 Å². The highest BCUT2D eigenvalue weighted by atomic mass is 32.2. The maximum atomic E-state index is 12.5. The average Bonchev–Trinajstić information content (AvgIpc) is 2.93. The largest absolute Gasteiger partial charge is 0.433 e. The second kappa shape index (κ2) is 8.35. The number of carbonyl (C=O) groups is 1. The molecule has 1 unspecified atom stereocenters. The van der Waals surface area contributed by atoms with Crippen molar-refractivity contribution in [3.8, 4) is 5.75 Å². The number of carbonyl (C=O) groups excluding carboxylic acids is 1. The lowest BCUT2D eigenvalue weighted by Crippen LogP contribution is -2.50. The number of halogens is 2. The number of hydrogen-bond donors (Lipinski definition) is 2. The number of ether oxygens (including phenoxy) is 1. The van der Waals surface area contributed by atoms with E-state index < -0.39 is 33.3 Å². The normalized spacial score (nSPS) is 17.0. The van der Waals surface area contributed by atoms with Gasteiger partial charge >= 0.3 is 12.6 Å². The van der Waals surface area contributed by atoms with Crippen LogP contribution in [0.15, 0.2) is 40.9 Å². The van der Waals surface area contributed by atoms with Gasteiger partial charge in [-0.1, -0.05) is 31.9 Å². The molecule has 1 aliphatic rings. The minimum absolute atomic E-state index is 0.294. The highest BCUT2D eigenvalue weighted by molar-refractivity contribution is 7.90. The quantitative estimate of drug-likeness (QED) is 0.749. The predicted octanol–water partition coefficient (Wildman–Crippen LogP) is 2.97. The lowest BCUT2D eigenvalue weighted by Gasteiger charge is -2.25. The second-order valence-corrected chi connectivity index (χ2v) is 7.43. The smallest absolute Gasteiger partial charge is 0.387 e. The number of hydrogen-bond acceptors (Lipinski definition) is 5. The second-order valence-electron chi connectivity index (χ2n) is 5.78. The molecule has 144 valence electrons. The molecule has 2 amide bonds. The van der Waals surface area contributed by atoms with Gasteiger partial charge in [0.1, 0.15) is 10.6 Å². The van der Waals surface area contributed by atoms with E-state index in [2.05, 4.69) is 10.2 Å². The Kier molecular flexibility index (Phi) is 6.41.